The molecule has 8 heteroatoms. The maximum Gasteiger partial charge on any atom is 0.306 e. The second-order valence-corrected chi connectivity index (χ2v) is 5.71. The molecule has 106 valence electrons. The highest BCUT2D eigenvalue weighted by Crippen LogP contribution is 2.03. The smallest absolute Gasteiger partial charge is 0.306 e. The van der Waals surface area contributed by atoms with Crippen molar-refractivity contribution in [2.75, 3.05) is 33.1 Å². The van der Waals surface area contributed by atoms with Gasteiger partial charge in [0, 0.05) is 13.6 Å². The van der Waals surface area contributed by atoms with Gasteiger partial charge in [-0.1, -0.05) is 0 Å². The van der Waals surface area contributed by atoms with Crippen molar-refractivity contribution in [1.82, 2.24) is 4.31 Å². The van der Waals surface area contributed by atoms with E-state index in [1.165, 1.54) is 14.2 Å². The lowest BCUT2D eigenvalue weighted by atomic mass is 10.4. The minimum Gasteiger partial charge on any atom is -0.469 e. The number of ether oxygens (including phenoxy) is 2. The maximum atomic E-state index is 11.7. The lowest BCUT2D eigenvalue weighted by Gasteiger charge is -2.16. The second kappa shape index (κ2) is 8.04. The van der Waals surface area contributed by atoms with Crippen LogP contribution in [-0.4, -0.2) is 57.7 Å². The summed E-state index contributed by atoms with van der Waals surface area (Å²) < 4.78 is 33.5. The van der Waals surface area contributed by atoms with Crippen LogP contribution in [0.5, 0.6) is 0 Å². The standard InChI is InChI=1S/C10H19NO6S/c1-4-17-10(13)6-8-18(14,15)11(2)7-5-9(12)16-3/h4-8H2,1-3H3. The van der Waals surface area contributed by atoms with Gasteiger partial charge in [-0.05, 0) is 6.92 Å². The predicted octanol–water partition coefficient (Wildman–Crippen LogP) is -0.236. The van der Waals surface area contributed by atoms with Gasteiger partial charge in [-0.15, -0.1) is 0 Å². The molecule has 0 aliphatic rings. The number of nitrogens with zero attached hydrogens (tertiary/aromatic N) is 1. The third kappa shape index (κ3) is 6.55. The van der Waals surface area contributed by atoms with Gasteiger partial charge in [-0.3, -0.25) is 9.59 Å². The highest BCUT2D eigenvalue weighted by molar-refractivity contribution is 7.89. The Labute approximate surface area is 107 Å². The van der Waals surface area contributed by atoms with Gasteiger partial charge in [0.25, 0.3) is 0 Å². The highest BCUT2D eigenvalue weighted by atomic mass is 32.2. The fourth-order valence-corrected chi connectivity index (χ4v) is 2.20. The zero-order valence-corrected chi connectivity index (χ0v) is 11.7. The molecular formula is C10H19NO6S. The van der Waals surface area contributed by atoms with Crippen molar-refractivity contribution in [3.63, 3.8) is 0 Å². The van der Waals surface area contributed by atoms with Crippen molar-refractivity contribution in [2.24, 2.45) is 0 Å². The van der Waals surface area contributed by atoms with E-state index in [-0.39, 0.29) is 31.7 Å². The Kier molecular flexibility index (Phi) is 7.53. The van der Waals surface area contributed by atoms with Crippen molar-refractivity contribution in [3.05, 3.63) is 0 Å². The van der Waals surface area contributed by atoms with E-state index in [0.717, 1.165) is 4.31 Å². The number of carbonyl (C=O) groups excluding carboxylic acids is 2. The van der Waals surface area contributed by atoms with Crippen LogP contribution in [0.15, 0.2) is 0 Å². The Bertz CT molecular complexity index is 378. The van der Waals surface area contributed by atoms with E-state index in [0.29, 0.717) is 0 Å². The SMILES string of the molecule is CCOC(=O)CCS(=O)(=O)N(C)CCC(=O)OC. The summed E-state index contributed by atoms with van der Waals surface area (Å²) in [5, 5.41) is 0. The van der Waals surface area contributed by atoms with Crippen molar-refractivity contribution < 1.29 is 27.5 Å². The number of sulfonamides is 1. The molecule has 0 aromatic carbocycles. The van der Waals surface area contributed by atoms with Gasteiger partial charge in [0.05, 0.1) is 32.3 Å². The van der Waals surface area contributed by atoms with Crippen LogP contribution in [0.4, 0.5) is 0 Å². The summed E-state index contributed by atoms with van der Waals surface area (Å²) in [5.41, 5.74) is 0. The van der Waals surface area contributed by atoms with Crippen molar-refractivity contribution in [2.45, 2.75) is 19.8 Å². The van der Waals surface area contributed by atoms with E-state index in [2.05, 4.69) is 9.47 Å². The van der Waals surface area contributed by atoms with Gasteiger partial charge in [0.15, 0.2) is 0 Å². The summed E-state index contributed by atoms with van der Waals surface area (Å²) in [7, 11) is -0.968. The summed E-state index contributed by atoms with van der Waals surface area (Å²) in [6, 6.07) is 0. The van der Waals surface area contributed by atoms with Gasteiger partial charge < -0.3 is 9.47 Å². The number of methoxy groups -OCH3 is 1. The van der Waals surface area contributed by atoms with Crippen LogP contribution in [0.3, 0.4) is 0 Å². The van der Waals surface area contributed by atoms with Gasteiger partial charge in [-0.2, -0.15) is 0 Å². The number of rotatable bonds is 8. The molecule has 0 radical (unpaired) electrons. The lowest BCUT2D eigenvalue weighted by Crippen LogP contribution is -2.32. The third-order valence-corrected chi connectivity index (χ3v) is 4.06. The highest BCUT2D eigenvalue weighted by Gasteiger charge is 2.20. The largest absolute Gasteiger partial charge is 0.469 e. The summed E-state index contributed by atoms with van der Waals surface area (Å²) in [6.45, 7) is 1.89. The molecule has 7 nitrogen and oxygen atoms in total. The molecule has 0 saturated heterocycles. The van der Waals surface area contributed by atoms with Crippen LogP contribution in [0, 0.1) is 0 Å². The Morgan fingerprint density at radius 1 is 1.17 bits per heavy atom. The van der Waals surface area contributed by atoms with E-state index in [9.17, 15) is 18.0 Å². The number of esters is 2. The molecule has 0 aliphatic heterocycles. The molecule has 0 rings (SSSR count). The zero-order chi connectivity index (χ0) is 14.2. The quantitative estimate of drug-likeness (QED) is 0.571. The molecule has 0 N–H and O–H groups in total. The molecule has 0 amide bonds. The second-order valence-electron chi connectivity index (χ2n) is 3.52. The predicted molar refractivity (Wildman–Crippen MR) is 64.3 cm³/mol. The minimum absolute atomic E-state index is 0.0222. The van der Waals surface area contributed by atoms with Crippen molar-refractivity contribution in [1.29, 1.82) is 0 Å². The van der Waals surface area contributed by atoms with E-state index in [1.807, 2.05) is 0 Å². The molecule has 0 aliphatic carbocycles. The number of hydrogen-bond acceptors (Lipinski definition) is 6. The number of carbonyl (C=O) groups is 2. The fraction of sp³-hybridized carbons (Fsp3) is 0.800. The first kappa shape index (κ1) is 16.9. The fourth-order valence-electron chi connectivity index (χ4n) is 1.09. The van der Waals surface area contributed by atoms with Crippen LogP contribution in [-0.2, 0) is 29.1 Å². The first-order valence-electron chi connectivity index (χ1n) is 5.50. The van der Waals surface area contributed by atoms with Crippen molar-refractivity contribution >= 4 is 22.0 Å². The normalized spacial score (nSPS) is 11.3. The van der Waals surface area contributed by atoms with Crippen molar-refractivity contribution in [3.8, 4) is 0 Å². The minimum atomic E-state index is -3.55. The Morgan fingerprint density at radius 3 is 2.28 bits per heavy atom. The molecule has 0 bridgehead atoms. The van der Waals surface area contributed by atoms with Crippen LogP contribution >= 0.6 is 0 Å². The average molecular weight is 281 g/mol. The molecular weight excluding hydrogens is 262 g/mol. The molecule has 0 fully saturated rings. The summed E-state index contributed by atoms with van der Waals surface area (Å²) in [6.07, 6.45) is -0.218. The first-order chi connectivity index (χ1) is 8.33. The summed E-state index contributed by atoms with van der Waals surface area (Å²) in [4.78, 5) is 21.9. The lowest BCUT2D eigenvalue weighted by molar-refractivity contribution is -0.143. The van der Waals surface area contributed by atoms with E-state index < -0.39 is 22.0 Å². The van der Waals surface area contributed by atoms with Gasteiger partial charge in [0.2, 0.25) is 10.0 Å². The zero-order valence-electron chi connectivity index (χ0n) is 10.8. The maximum absolute atomic E-state index is 11.7. The van der Waals surface area contributed by atoms with E-state index in [1.54, 1.807) is 6.92 Å². The molecule has 18 heavy (non-hydrogen) atoms. The van der Waals surface area contributed by atoms with Crippen LogP contribution < -0.4 is 0 Å². The molecule has 0 aromatic heterocycles. The van der Waals surface area contributed by atoms with Gasteiger partial charge in [-0.25, -0.2) is 12.7 Å². The van der Waals surface area contributed by atoms with Crippen LogP contribution in [0.2, 0.25) is 0 Å². The van der Waals surface area contributed by atoms with E-state index >= 15 is 0 Å². The van der Waals surface area contributed by atoms with E-state index in [4.69, 9.17) is 0 Å². The molecule has 0 unspecified atom stereocenters. The first-order valence-corrected chi connectivity index (χ1v) is 7.10. The van der Waals surface area contributed by atoms with Crippen LogP contribution in [0.25, 0.3) is 0 Å². The molecule has 0 saturated carbocycles. The van der Waals surface area contributed by atoms with Gasteiger partial charge in [0.1, 0.15) is 0 Å². The molecule has 0 aromatic rings. The summed E-state index contributed by atoms with van der Waals surface area (Å²) >= 11 is 0. The van der Waals surface area contributed by atoms with Gasteiger partial charge >= 0.3 is 11.9 Å². The third-order valence-electron chi connectivity index (χ3n) is 2.20. The molecule has 0 heterocycles. The van der Waals surface area contributed by atoms with Crippen LogP contribution in [0.1, 0.15) is 19.8 Å². The molecule has 0 spiro atoms. The topological polar surface area (TPSA) is 90.0 Å². The Balaban J connectivity index is 4.19. The monoisotopic (exact) mass is 281 g/mol. The Hall–Kier alpha value is -1.15. The molecule has 0 atom stereocenters. The average Bonchev–Trinajstić information content (AvgIpc) is 2.33. The summed E-state index contributed by atoms with van der Waals surface area (Å²) in [5.74, 6) is -1.37. The number of hydrogen-bond donors (Lipinski definition) is 0. The Morgan fingerprint density at radius 2 is 1.78 bits per heavy atom.